The zero-order chi connectivity index (χ0) is 20.3. The van der Waals surface area contributed by atoms with E-state index in [-0.39, 0.29) is 12.5 Å². The van der Waals surface area contributed by atoms with Crippen LogP contribution in [0.4, 0.5) is 0 Å². The van der Waals surface area contributed by atoms with Gasteiger partial charge in [-0.25, -0.2) is 0 Å². The van der Waals surface area contributed by atoms with Crippen molar-refractivity contribution in [3.63, 3.8) is 0 Å². The van der Waals surface area contributed by atoms with E-state index < -0.39 is 18.1 Å². The third kappa shape index (κ3) is 18.0. The first-order valence-electron chi connectivity index (χ1n) is 11.1. The monoisotopic (exact) mass is 385 g/mol. The molecule has 0 aliphatic carbocycles. The zero-order valence-corrected chi connectivity index (χ0v) is 17.9. The van der Waals surface area contributed by atoms with Gasteiger partial charge in [0.25, 0.3) is 0 Å². The number of unbranched alkanes of at least 4 members (excludes halogenated alkanes) is 12. The highest BCUT2D eigenvalue weighted by atomic mass is 16.5. The number of hydrogen-bond donors (Lipinski definition) is 2. The number of nitrogens with one attached hydrogen (secondary N) is 1. The van der Waals surface area contributed by atoms with Gasteiger partial charge in [0.1, 0.15) is 6.61 Å². The normalized spacial score (nSPS) is 13.2. The van der Waals surface area contributed by atoms with E-state index >= 15 is 0 Å². The SMILES string of the molecule is CCCCCCCCCCCCCCC[C@@H](O)[C@H](COC(C)=O)NC(C)=O. The molecule has 0 aliphatic heterocycles. The van der Waals surface area contributed by atoms with E-state index in [4.69, 9.17) is 4.74 Å². The van der Waals surface area contributed by atoms with Gasteiger partial charge in [0.2, 0.25) is 5.91 Å². The molecule has 0 saturated heterocycles. The second-order valence-electron chi connectivity index (χ2n) is 7.71. The van der Waals surface area contributed by atoms with Crippen molar-refractivity contribution in [1.82, 2.24) is 5.32 Å². The molecule has 0 saturated carbocycles. The Morgan fingerprint density at radius 3 is 1.67 bits per heavy atom. The van der Waals surface area contributed by atoms with Crippen LogP contribution in [-0.4, -0.2) is 35.7 Å². The van der Waals surface area contributed by atoms with E-state index in [1.807, 2.05) is 0 Å². The van der Waals surface area contributed by atoms with Crippen LogP contribution >= 0.6 is 0 Å². The van der Waals surface area contributed by atoms with E-state index in [0.29, 0.717) is 6.42 Å². The maximum absolute atomic E-state index is 11.2. The van der Waals surface area contributed by atoms with Gasteiger partial charge in [-0.15, -0.1) is 0 Å². The second kappa shape index (κ2) is 18.3. The van der Waals surface area contributed by atoms with E-state index in [1.54, 1.807) is 0 Å². The highest BCUT2D eigenvalue weighted by molar-refractivity contribution is 5.73. The summed E-state index contributed by atoms with van der Waals surface area (Å²) in [5.41, 5.74) is 0. The molecule has 0 rings (SSSR count). The molecule has 0 radical (unpaired) electrons. The number of rotatable bonds is 18. The minimum atomic E-state index is -0.680. The van der Waals surface area contributed by atoms with Crippen LogP contribution in [0.15, 0.2) is 0 Å². The lowest BCUT2D eigenvalue weighted by Gasteiger charge is -2.23. The summed E-state index contributed by atoms with van der Waals surface area (Å²) in [6.07, 6.45) is 16.7. The maximum atomic E-state index is 11.2. The third-order valence-corrected chi connectivity index (χ3v) is 4.92. The lowest BCUT2D eigenvalue weighted by molar-refractivity contribution is -0.143. The van der Waals surface area contributed by atoms with E-state index in [9.17, 15) is 14.7 Å². The van der Waals surface area contributed by atoms with Gasteiger partial charge in [-0.05, 0) is 6.42 Å². The molecule has 0 aromatic heterocycles. The van der Waals surface area contributed by atoms with Crippen LogP contribution in [0, 0.1) is 0 Å². The number of aliphatic hydroxyl groups excluding tert-OH is 1. The summed E-state index contributed by atoms with van der Waals surface area (Å²) in [6.45, 7) is 5.00. The first kappa shape index (κ1) is 25.9. The molecule has 0 spiro atoms. The third-order valence-electron chi connectivity index (χ3n) is 4.92. The molecule has 0 aromatic carbocycles. The topological polar surface area (TPSA) is 75.6 Å². The number of esters is 1. The molecule has 0 unspecified atom stereocenters. The number of carbonyl (C=O) groups is 2. The molecule has 2 atom stereocenters. The van der Waals surface area contributed by atoms with Crippen molar-refractivity contribution in [2.45, 2.75) is 123 Å². The van der Waals surface area contributed by atoms with Gasteiger partial charge < -0.3 is 15.2 Å². The maximum Gasteiger partial charge on any atom is 0.302 e. The Morgan fingerprint density at radius 1 is 0.815 bits per heavy atom. The number of carbonyl (C=O) groups excluding carboxylic acids is 2. The van der Waals surface area contributed by atoms with Crippen molar-refractivity contribution in [2.75, 3.05) is 6.61 Å². The lowest BCUT2D eigenvalue weighted by Crippen LogP contribution is -2.45. The predicted molar refractivity (Wildman–Crippen MR) is 111 cm³/mol. The van der Waals surface area contributed by atoms with Crippen molar-refractivity contribution >= 4 is 11.9 Å². The summed E-state index contributed by atoms with van der Waals surface area (Å²) in [5, 5.41) is 12.9. The minimum Gasteiger partial charge on any atom is -0.464 e. The molecule has 0 fully saturated rings. The van der Waals surface area contributed by atoms with Gasteiger partial charge in [0, 0.05) is 13.8 Å². The van der Waals surface area contributed by atoms with Crippen LogP contribution in [0.25, 0.3) is 0 Å². The Kier molecular flexibility index (Phi) is 17.5. The van der Waals surface area contributed by atoms with Gasteiger partial charge in [0.05, 0.1) is 12.1 Å². The summed E-state index contributed by atoms with van der Waals surface area (Å²) in [5.74, 6) is -0.630. The summed E-state index contributed by atoms with van der Waals surface area (Å²) >= 11 is 0. The fourth-order valence-corrected chi connectivity index (χ4v) is 3.29. The number of ether oxygens (including phenoxy) is 1. The number of hydrogen-bond acceptors (Lipinski definition) is 4. The predicted octanol–water partition coefficient (Wildman–Crippen LogP) is 4.90. The largest absolute Gasteiger partial charge is 0.464 e. The van der Waals surface area contributed by atoms with E-state index in [0.717, 1.165) is 12.8 Å². The van der Waals surface area contributed by atoms with Gasteiger partial charge >= 0.3 is 5.97 Å². The highest BCUT2D eigenvalue weighted by Crippen LogP contribution is 2.14. The summed E-state index contributed by atoms with van der Waals surface area (Å²) in [4.78, 5) is 22.2. The van der Waals surface area contributed by atoms with Crippen LogP contribution in [0.3, 0.4) is 0 Å². The quantitative estimate of drug-likeness (QED) is 0.260. The van der Waals surface area contributed by atoms with Crippen LogP contribution < -0.4 is 5.32 Å². The molecular weight excluding hydrogens is 342 g/mol. The average Bonchev–Trinajstić information content (AvgIpc) is 2.61. The molecule has 27 heavy (non-hydrogen) atoms. The molecule has 2 N–H and O–H groups in total. The van der Waals surface area contributed by atoms with Crippen LogP contribution in [0.1, 0.15) is 111 Å². The Labute approximate surface area is 166 Å². The average molecular weight is 386 g/mol. The lowest BCUT2D eigenvalue weighted by atomic mass is 10.0. The molecule has 5 heteroatoms. The van der Waals surface area contributed by atoms with Crippen LogP contribution in [-0.2, 0) is 14.3 Å². The van der Waals surface area contributed by atoms with Crippen molar-refractivity contribution in [1.29, 1.82) is 0 Å². The zero-order valence-electron chi connectivity index (χ0n) is 17.9. The van der Waals surface area contributed by atoms with Crippen LogP contribution in [0.5, 0.6) is 0 Å². The molecule has 0 heterocycles. The van der Waals surface area contributed by atoms with Gasteiger partial charge in [-0.1, -0.05) is 90.4 Å². The van der Waals surface area contributed by atoms with Crippen molar-refractivity contribution in [3.05, 3.63) is 0 Å². The standard InChI is InChI=1S/C22H43NO4/c1-4-5-6-7-8-9-10-11-12-13-14-15-16-17-22(26)21(23-19(2)24)18-27-20(3)25/h21-22,26H,4-18H2,1-3H3,(H,23,24)/t21-,22+/m0/s1. The van der Waals surface area contributed by atoms with Gasteiger partial charge in [-0.3, -0.25) is 9.59 Å². The van der Waals surface area contributed by atoms with Crippen LogP contribution in [0.2, 0.25) is 0 Å². The van der Waals surface area contributed by atoms with Crippen molar-refractivity contribution in [2.24, 2.45) is 0 Å². The molecule has 0 aromatic rings. The Balaban J connectivity index is 3.60. The first-order chi connectivity index (χ1) is 13.0. The van der Waals surface area contributed by atoms with E-state index in [2.05, 4.69) is 12.2 Å². The van der Waals surface area contributed by atoms with Gasteiger partial charge in [-0.2, -0.15) is 0 Å². The molecule has 160 valence electrons. The smallest absolute Gasteiger partial charge is 0.302 e. The fraction of sp³-hybridized carbons (Fsp3) is 0.909. The minimum absolute atomic E-state index is 0.0223. The Morgan fingerprint density at radius 2 is 1.26 bits per heavy atom. The molecule has 0 aliphatic rings. The molecule has 0 bridgehead atoms. The number of aliphatic hydroxyl groups is 1. The summed E-state index contributed by atoms with van der Waals surface area (Å²) in [6, 6.07) is -0.524. The Hall–Kier alpha value is -1.10. The van der Waals surface area contributed by atoms with E-state index in [1.165, 1.54) is 84.5 Å². The molecule has 1 amide bonds. The summed E-state index contributed by atoms with van der Waals surface area (Å²) in [7, 11) is 0. The van der Waals surface area contributed by atoms with Crippen molar-refractivity contribution < 1.29 is 19.4 Å². The number of amides is 1. The first-order valence-corrected chi connectivity index (χ1v) is 11.1. The fourth-order valence-electron chi connectivity index (χ4n) is 3.29. The molecule has 5 nitrogen and oxygen atoms in total. The summed E-state index contributed by atoms with van der Waals surface area (Å²) < 4.78 is 4.93. The molecular formula is C22H43NO4. The highest BCUT2D eigenvalue weighted by Gasteiger charge is 2.21. The Bertz CT molecular complexity index is 373. The second-order valence-corrected chi connectivity index (χ2v) is 7.71. The van der Waals surface area contributed by atoms with Gasteiger partial charge in [0.15, 0.2) is 0 Å². The van der Waals surface area contributed by atoms with Crippen molar-refractivity contribution in [3.8, 4) is 0 Å².